The highest BCUT2D eigenvalue weighted by Gasteiger charge is 2.22. The van der Waals surface area contributed by atoms with E-state index in [0.29, 0.717) is 4.58 Å². The minimum absolute atomic E-state index is 0.0290. The number of aryl methyl sites for hydroxylation is 1. The number of hydrogen-bond donors (Lipinski definition) is 2. The monoisotopic (exact) mass is 323 g/mol. The van der Waals surface area contributed by atoms with Crippen molar-refractivity contribution in [2.45, 2.75) is 42.7 Å². The molecule has 1 amide bonds. The molecule has 5 heteroatoms. The Hall–Kier alpha value is -0.810. The fourth-order valence-corrected chi connectivity index (χ4v) is 6.05. The maximum Gasteiger partial charge on any atom is 0.405 e. The predicted octanol–water partition coefficient (Wildman–Crippen LogP) is 4.07. The highest BCUT2D eigenvalue weighted by atomic mass is 32.2. The van der Waals surface area contributed by atoms with Gasteiger partial charge in [-0.2, -0.15) is 0 Å². The number of amides is 1. The van der Waals surface area contributed by atoms with E-state index in [1.807, 2.05) is 0 Å². The third kappa shape index (κ3) is 3.89. The van der Waals surface area contributed by atoms with Gasteiger partial charge in [0.15, 0.2) is 0 Å². The first kappa shape index (κ1) is 15.1. The highest BCUT2D eigenvalue weighted by Crippen LogP contribution is 2.35. The number of benzene rings is 1. The van der Waals surface area contributed by atoms with E-state index in [1.54, 1.807) is 0 Å². The summed E-state index contributed by atoms with van der Waals surface area (Å²) in [6, 6.07) is 6.61. The van der Waals surface area contributed by atoms with Crippen LogP contribution in [0.25, 0.3) is 0 Å². The van der Waals surface area contributed by atoms with Crippen LogP contribution in [0.3, 0.4) is 0 Å². The molecule has 1 aromatic carbocycles. The molecule has 1 unspecified atom stereocenters. The summed E-state index contributed by atoms with van der Waals surface area (Å²) in [6.45, 7) is 0. The Morgan fingerprint density at radius 3 is 2.86 bits per heavy atom. The molecule has 0 saturated carbocycles. The lowest BCUT2D eigenvalue weighted by Gasteiger charge is -2.27. The van der Waals surface area contributed by atoms with Crippen molar-refractivity contribution >= 4 is 29.6 Å². The van der Waals surface area contributed by atoms with E-state index in [9.17, 15) is 4.79 Å². The zero-order valence-electron chi connectivity index (χ0n) is 12.0. The first-order chi connectivity index (χ1) is 10.2. The van der Waals surface area contributed by atoms with Gasteiger partial charge in [-0.15, -0.1) is 23.5 Å². The summed E-state index contributed by atoms with van der Waals surface area (Å²) in [5, 5.41) is 11.6. The Kier molecular flexibility index (Phi) is 5.01. The molecule has 3 rings (SSSR count). The van der Waals surface area contributed by atoms with Crippen LogP contribution in [0.1, 0.15) is 42.0 Å². The lowest BCUT2D eigenvalue weighted by molar-refractivity contribution is 0.188. The van der Waals surface area contributed by atoms with Crippen molar-refractivity contribution in [2.24, 2.45) is 0 Å². The van der Waals surface area contributed by atoms with Gasteiger partial charge in [0.25, 0.3) is 0 Å². The summed E-state index contributed by atoms with van der Waals surface area (Å²) in [5.74, 6) is 2.57. The van der Waals surface area contributed by atoms with Crippen molar-refractivity contribution < 1.29 is 9.90 Å². The van der Waals surface area contributed by atoms with Crippen molar-refractivity contribution in [2.75, 3.05) is 11.5 Å². The van der Waals surface area contributed by atoms with Crippen molar-refractivity contribution in [1.82, 2.24) is 5.32 Å². The number of hydrogen-bond acceptors (Lipinski definition) is 3. The van der Waals surface area contributed by atoms with Crippen molar-refractivity contribution in [1.29, 1.82) is 0 Å². The second kappa shape index (κ2) is 6.97. The number of fused-ring (bicyclic) bond motifs is 1. The minimum Gasteiger partial charge on any atom is -0.465 e. The second-order valence-electron chi connectivity index (χ2n) is 5.66. The molecule has 1 aliphatic carbocycles. The van der Waals surface area contributed by atoms with E-state index >= 15 is 0 Å². The van der Waals surface area contributed by atoms with Crippen molar-refractivity contribution in [3.8, 4) is 0 Å². The number of thioether (sulfide) groups is 2. The van der Waals surface area contributed by atoms with E-state index in [4.69, 9.17) is 5.11 Å². The van der Waals surface area contributed by atoms with E-state index in [0.717, 1.165) is 25.7 Å². The SMILES string of the molecule is O=C(O)NC1CCCc2cc(CC3SCCCS3)ccc21. The Morgan fingerprint density at radius 2 is 2.10 bits per heavy atom. The highest BCUT2D eigenvalue weighted by molar-refractivity contribution is 8.17. The first-order valence-electron chi connectivity index (χ1n) is 7.57. The molecule has 1 aromatic rings. The molecule has 21 heavy (non-hydrogen) atoms. The standard InChI is InChI=1S/C16H21NO2S2/c18-16(19)17-14-4-1-3-12-9-11(5-6-13(12)14)10-15-20-7-2-8-21-15/h5-6,9,14-15,17H,1-4,7-8,10H2,(H,18,19). The van der Waals surface area contributed by atoms with Crippen LogP contribution >= 0.6 is 23.5 Å². The van der Waals surface area contributed by atoms with E-state index in [-0.39, 0.29) is 6.04 Å². The van der Waals surface area contributed by atoms with Gasteiger partial charge in [0, 0.05) is 0 Å². The normalized spacial score (nSPS) is 22.6. The molecule has 0 radical (unpaired) electrons. The number of carbonyl (C=O) groups is 1. The van der Waals surface area contributed by atoms with Gasteiger partial charge in [0.05, 0.1) is 10.6 Å². The van der Waals surface area contributed by atoms with Crippen molar-refractivity contribution in [3.63, 3.8) is 0 Å². The maximum atomic E-state index is 10.9. The Bertz CT molecular complexity index is 515. The lowest BCUT2D eigenvalue weighted by Crippen LogP contribution is -2.29. The molecule has 0 aromatic heterocycles. The van der Waals surface area contributed by atoms with E-state index in [2.05, 4.69) is 47.0 Å². The molecular formula is C16H21NO2S2. The summed E-state index contributed by atoms with van der Waals surface area (Å²) >= 11 is 4.15. The van der Waals surface area contributed by atoms with Gasteiger partial charge >= 0.3 is 6.09 Å². The average molecular weight is 323 g/mol. The van der Waals surface area contributed by atoms with Crippen LogP contribution in [0.5, 0.6) is 0 Å². The van der Waals surface area contributed by atoms with Crippen LogP contribution in [-0.4, -0.2) is 27.3 Å². The number of rotatable bonds is 3. The molecule has 2 N–H and O–H groups in total. The largest absolute Gasteiger partial charge is 0.465 e. The maximum absolute atomic E-state index is 10.9. The smallest absolute Gasteiger partial charge is 0.405 e. The Morgan fingerprint density at radius 1 is 1.29 bits per heavy atom. The van der Waals surface area contributed by atoms with Crippen LogP contribution in [0.4, 0.5) is 4.79 Å². The molecule has 1 heterocycles. The Balaban J connectivity index is 1.72. The lowest BCUT2D eigenvalue weighted by atomic mass is 9.86. The third-order valence-electron chi connectivity index (χ3n) is 4.12. The predicted molar refractivity (Wildman–Crippen MR) is 90.3 cm³/mol. The molecule has 0 bridgehead atoms. The first-order valence-corrected chi connectivity index (χ1v) is 9.66. The topological polar surface area (TPSA) is 49.3 Å². The molecule has 114 valence electrons. The van der Waals surface area contributed by atoms with E-state index in [1.165, 1.54) is 34.6 Å². The fraction of sp³-hybridized carbons (Fsp3) is 0.562. The van der Waals surface area contributed by atoms with Crippen LogP contribution in [-0.2, 0) is 12.8 Å². The third-order valence-corrected chi connectivity index (χ3v) is 7.06. The minimum atomic E-state index is -0.924. The Labute approximate surface area is 134 Å². The molecule has 1 saturated heterocycles. The summed E-state index contributed by atoms with van der Waals surface area (Å²) in [7, 11) is 0. The molecule has 1 aliphatic heterocycles. The zero-order chi connectivity index (χ0) is 14.7. The van der Waals surface area contributed by atoms with Crippen LogP contribution in [0, 0.1) is 0 Å². The van der Waals surface area contributed by atoms with Gasteiger partial charge in [-0.25, -0.2) is 4.79 Å². The van der Waals surface area contributed by atoms with Crippen LogP contribution in [0.2, 0.25) is 0 Å². The number of nitrogens with one attached hydrogen (secondary N) is 1. The van der Waals surface area contributed by atoms with Gasteiger partial charge in [-0.3, -0.25) is 0 Å². The molecule has 3 nitrogen and oxygen atoms in total. The van der Waals surface area contributed by atoms with Gasteiger partial charge in [0.1, 0.15) is 0 Å². The molecule has 1 atom stereocenters. The van der Waals surface area contributed by atoms with Gasteiger partial charge < -0.3 is 10.4 Å². The molecular weight excluding hydrogens is 302 g/mol. The van der Waals surface area contributed by atoms with Crippen LogP contribution < -0.4 is 5.32 Å². The molecule has 1 fully saturated rings. The quantitative estimate of drug-likeness (QED) is 0.880. The van der Waals surface area contributed by atoms with Crippen molar-refractivity contribution in [3.05, 3.63) is 34.9 Å². The average Bonchev–Trinajstić information content (AvgIpc) is 2.48. The van der Waals surface area contributed by atoms with Crippen LogP contribution in [0.15, 0.2) is 18.2 Å². The second-order valence-corrected chi connectivity index (χ2v) is 8.58. The summed E-state index contributed by atoms with van der Waals surface area (Å²) in [5.41, 5.74) is 3.91. The molecule has 0 spiro atoms. The summed E-state index contributed by atoms with van der Waals surface area (Å²) in [6.07, 6.45) is 4.58. The summed E-state index contributed by atoms with van der Waals surface area (Å²) in [4.78, 5) is 10.9. The van der Waals surface area contributed by atoms with Gasteiger partial charge in [-0.05, 0) is 60.3 Å². The number of carboxylic acid groups (broad SMARTS) is 1. The zero-order valence-corrected chi connectivity index (χ0v) is 13.6. The van der Waals surface area contributed by atoms with Gasteiger partial charge in [0.2, 0.25) is 0 Å². The fourth-order valence-electron chi connectivity index (χ4n) is 3.14. The molecule has 2 aliphatic rings. The summed E-state index contributed by atoms with van der Waals surface area (Å²) < 4.78 is 0.688. The van der Waals surface area contributed by atoms with Gasteiger partial charge in [-0.1, -0.05) is 18.2 Å². The van der Waals surface area contributed by atoms with E-state index < -0.39 is 6.09 Å².